The molecule has 8 heteroatoms. The van der Waals surface area contributed by atoms with E-state index in [0.717, 1.165) is 23.5 Å². The van der Waals surface area contributed by atoms with Crippen LogP contribution in [0, 0.1) is 0 Å². The van der Waals surface area contributed by atoms with E-state index in [1.54, 1.807) is 0 Å². The zero-order chi connectivity index (χ0) is 13.9. The first kappa shape index (κ1) is 12.3. The molecule has 0 aliphatic carbocycles. The lowest BCUT2D eigenvalue weighted by atomic mass is 10.1. The summed E-state index contributed by atoms with van der Waals surface area (Å²) in [6, 6.07) is 5.81. The zero-order valence-electron chi connectivity index (χ0n) is 10.7. The number of anilines is 3. The average Bonchev–Trinajstić information content (AvgIpc) is 2.86. The van der Waals surface area contributed by atoms with E-state index in [1.807, 2.05) is 18.2 Å². The van der Waals surface area contributed by atoms with Crippen molar-refractivity contribution in [1.82, 2.24) is 15.0 Å². The van der Waals surface area contributed by atoms with Gasteiger partial charge in [0.15, 0.2) is 11.5 Å². The Balaban J connectivity index is 1.64. The number of ether oxygens (including phenoxy) is 2. The molecular formula is C12H14N6O2. The fraction of sp³-hybridized carbons (Fsp3) is 0.250. The number of nitrogens with zero attached hydrogens (tertiary/aromatic N) is 3. The van der Waals surface area contributed by atoms with Crippen molar-refractivity contribution in [3.8, 4) is 11.5 Å². The quantitative estimate of drug-likeness (QED) is 0.733. The summed E-state index contributed by atoms with van der Waals surface area (Å²) >= 11 is 0. The molecule has 0 unspecified atom stereocenters. The largest absolute Gasteiger partial charge is 0.454 e. The molecule has 1 aliphatic heterocycles. The summed E-state index contributed by atoms with van der Waals surface area (Å²) in [4.78, 5) is 11.6. The lowest BCUT2D eigenvalue weighted by Crippen LogP contribution is -2.11. The van der Waals surface area contributed by atoms with Gasteiger partial charge in [-0.25, -0.2) is 0 Å². The number of nitrogens with one attached hydrogen (secondary N) is 1. The van der Waals surface area contributed by atoms with Crippen molar-refractivity contribution in [3.05, 3.63) is 23.8 Å². The van der Waals surface area contributed by atoms with Crippen molar-refractivity contribution >= 4 is 17.8 Å². The van der Waals surface area contributed by atoms with Crippen LogP contribution in [0.15, 0.2) is 18.2 Å². The topological polar surface area (TPSA) is 121 Å². The van der Waals surface area contributed by atoms with Crippen molar-refractivity contribution in [2.75, 3.05) is 30.1 Å². The van der Waals surface area contributed by atoms with Gasteiger partial charge in [-0.2, -0.15) is 15.0 Å². The van der Waals surface area contributed by atoms with Crippen LogP contribution >= 0.6 is 0 Å². The molecule has 5 N–H and O–H groups in total. The first-order valence-electron chi connectivity index (χ1n) is 6.11. The minimum absolute atomic E-state index is 0.0948. The predicted molar refractivity (Wildman–Crippen MR) is 73.4 cm³/mol. The van der Waals surface area contributed by atoms with E-state index in [9.17, 15) is 0 Å². The van der Waals surface area contributed by atoms with Crippen LogP contribution in [0.4, 0.5) is 17.8 Å². The van der Waals surface area contributed by atoms with E-state index in [-0.39, 0.29) is 18.7 Å². The highest BCUT2D eigenvalue weighted by molar-refractivity contribution is 5.48. The van der Waals surface area contributed by atoms with E-state index in [4.69, 9.17) is 20.9 Å². The Hall–Kier alpha value is -2.77. The minimum atomic E-state index is 0.0948. The summed E-state index contributed by atoms with van der Waals surface area (Å²) in [5.74, 6) is 2.12. The van der Waals surface area contributed by atoms with Gasteiger partial charge in [-0.3, -0.25) is 0 Å². The van der Waals surface area contributed by atoms with Gasteiger partial charge < -0.3 is 26.3 Å². The standard InChI is InChI=1S/C12H14N6O2/c13-10-16-11(14)18-12(17-10)15-5-4-7-2-1-3-8-9(7)20-6-19-8/h1-3H,4-6H2,(H5,13,14,15,16,17,18). The molecule has 0 saturated carbocycles. The van der Waals surface area contributed by atoms with Crippen LogP contribution in [0.2, 0.25) is 0 Å². The molecule has 8 nitrogen and oxygen atoms in total. The van der Waals surface area contributed by atoms with Crippen molar-refractivity contribution in [2.45, 2.75) is 6.42 Å². The fourth-order valence-corrected chi connectivity index (χ4v) is 1.98. The van der Waals surface area contributed by atoms with Gasteiger partial charge in [0, 0.05) is 6.54 Å². The number of benzene rings is 1. The molecule has 0 bridgehead atoms. The molecular weight excluding hydrogens is 260 g/mol. The number of para-hydroxylation sites is 1. The highest BCUT2D eigenvalue weighted by atomic mass is 16.7. The van der Waals surface area contributed by atoms with E-state index in [1.165, 1.54) is 0 Å². The van der Waals surface area contributed by atoms with Crippen molar-refractivity contribution < 1.29 is 9.47 Å². The van der Waals surface area contributed by atoms with Crippen LogP contribution in [-0.4, -0.2) is 28.3 Å². The molecule has 0 fully saturated rings. The van der Waals surface area contributed by atoms with Crippen LogP contribution in [0.3, 0.4) is 0 Å². The van der Waals surface area contributed by atoms with Gasteiger partial charge in [-0.15, -0.1) is 0 Å². The Morgan fingerprint density at radius 3 is 2.70 bits per heavy atom. The van der Waals surface area contributed by atoms with Crippen LogP contribution in [0.1, 0.15) is 5.56 Å². The molecule has 1 aliphatic rings. The fourth-order valence-electron chi connectivity index (χ4n) is 1.98. The molecule has 20 heavy (non-hydrogen) atoms. The predicted octanol–water partition coefficient (Wildman–Crippen LogP) is 0.419. The molecule has 1 aromatic carbocycles. The Labute approximate surface area is 115 Å². The molecule has 3 rings (SSSR count). The SMILES string of the molecule is Nc1nc(N)nc(NCCc2cccc3c2OCO3)n1. The first-order valence-corrected chi connectivity index (χ1v) is 6.11. The highest BCUT2D eigenvalue weighted by Crippen LogP contribution is 2.35. The van der Waals surface area contributed by atoms with Crippen LogP contribution in [0.5, 0.6) is 11.5 Å². The average molecular weight is 274 g/mol. The Morgan fingerprint density at radius 1 is 1.10 bits per heavy atom. The van der Waals surface area contributed by atoms with Gasteiger partial charge in [0.1, 0.15) is 0 Å². The number of nitrogens with two attached hydrogens (primary N) is 2. The van der Waals surface area contributed by atoms with E-state index >= 15 is 0 Å². The second-order valence-electron chi connectivity index (χ2n) is 4.20. The highest BCUT2D eigenvalue weighted by Gasteiger charge is 2.16. The maximum absolute atomic E-state index is 5.50. The summed E-state index contributed by atoms with van der Waals surface area (Å²) in [6.45, 7) is 0.878. The monoisotopic (exact) mass is 274 g/mol. The third-order valence-corrected chi connectivity index (χ3v) is 2.83. The molecule has 104 valence electrons. The third kappa shape index (κ3) is 2.48. The number of hydrogen-bond acceptors (Lipinski definition) is 8. The molecule has 0 amide bonds. The van der Waals surface area contributed by atoms with E-state index in [0.29, 0.717) is 12.5 Å². The van der Waals surface area contributed by atoms with Crippen LogP contribution in [-0.2, 0) is 6.42 Å². The third-order valence-electron chi connectivity index (χ3n) is 2.83. The Morgan fingerprint density at radius 2 is 1.90 bits per heavy atom. The summed E-state index contributed by atoms with van der Waals surface area (Å²) in [5, 5.41) is 3.05. The number of nitrogen functional groups attached to an aromatic ring is 2. The maximum Gasteiger partial charge on any atom is 0.231 e. The molecule has 1 aromatic heterocycles. The van der Waals surface area contributed by atoms with E-state index < -0.39 is 0 Å². The van der Waals surface area contributed by atoms with Crippen LogP contribution in [0.25, 0.3) is 0 Å². The number of fused-ring (bicyclic) bond motifs is 1. The van der Waals surface area contributed by atoms with Gasteiger partial charge in [0.2, 0.25) is 24.6 Å². The first-order chi connectivity index (χ1) is 9.72. The molecule has 2 heterocycles. The second kappa shape index (κ2) is 5.08. The number of hydrogen-bond donors (Lipinski definition) is 3. The van der Waals surface area contributed by atoms with Gasteiger partial charge in [0.25, 0.3) is 0 Å². The maximum atomic E-state index is 5.50. The smallest absolute Gasteiger partial charge is 0.231 e. The van der Waals surface area contributed by atoms with Crippen molar-refractivity contribution in [3.63, 3.8) is 0 Å². The normalized spacial score (nSPS) is 12.4. The summed E-state index contributed by atoms with van der Waals surface area (Å²) < 4.78 is 10.8. The van der Waals surface area contributed by atoms with Gasteiger partial charge in [-0.05, 0) is 18.1 Å². The lowest BCUT2D eigenvalue weighted by molar-refractivity contribution is 0.173. The Bertz CT molecular complexity index is 613. The minimum Gasteiger partial charge on any atom is -0.454 e. The van der Waals surface area contributed by atoms with E-state index in [2.05, 4.69) is 20.3 Å². The summed E-state index contributed by atoms with van der Waals surface area (Å²) in [6.07, 6.45) is 0.734. The molecule has 2 aromatic rings. The number of aromatic nitrogens is 3. The van der Waals surface area contributed by atoms with Gasteiger partial charge in [0.05, 0.1) is 0 Å². The number of rotatable bonds is 4. The van der Waals surface area contributed by atoms with Gasteiger partial charge in [-0.1, -0.05) is 12.1 Å². The summed E-state index contributed by atoms with van der Waals surface area (Å²) in [5.41, 5.74) is 12.1. The molecule has 0 atom stereocenters. The zero-order valence-corrected chi connectivity index (χ0v) is 10.7. The second-order valence-corrected chi connectivity index (χ2v) is 4.20. The molecule has 0 saturated heterocycles. The van der Waals surface area contributed by atoms with Crippen LogP contribution < -0.4 is 26.3 Å². The lowest BCUT2D eigenvalue weighted by Gasteiger charge is -2.07. The molecule has 0 spiro atoms. The molecule has 0 radical (unpaired) electrons. The summed E-state index contributed by atoms with van der Waals surface area (Å²) in [7, 11) is 0. The van der Waals surface area contributed by atoms with Gasteiger partial charge >= 0.3 is 0 Å². The van der Waals surface area contributed by atoms with Crippen molar-refractivity contribution in [2.24, 2.45) is 0 Å². The van der Waals surface area contributed by atoms with Crippen molar-refractivity contribution in [1.29, 1.82) is 0 Å². The Kier molecular flexibility index (Phi) is 3.12.